The number of aliphatic hydroxyl groups is 1. The summed E-state index contributed by atoms with van der Waals surface area (Å²) in [5.41, 5.74) is 1.26. The molecule has 1 aromatic carbocycles. The highest BCUT2D eigenvalue weighted by molar-refractivity contribution is 5.14. The Hall–Kier alpha value is -0.940. The molecule has 2 atom stereocenters. The maximum Gasteiger partial charge on any atom is 0.0900 e. The van der Waals surface area contributed by atoms with Gasteiger partial charge in [0.15, 0.2) is 0 Å². The Morgan fingerprint density at radius 1 is 1.20 bits per heavy atom. The molecule has 20 heavy (non-hydrogen) atoms. The summed E-state index contributed by atoms with van der Waals surface area (Å²) in [7, 11) is 1.65. The highest BCUT2D eigenvalue weighted by Gasteiger charge is 2.12. The third-order valence-electron chi connectivity index (χ3n) is 3.14. The molecule has 4 nitrogen and oxygen atoms in total. The second-order valence-electron chi connectivity index (χ2n) is 5.07. The zero-order valence-corrected chi connectivity index (χ0v) is 12.8. The number of nitrogens with zero attached hydrogens (tertiary/aromatic N) is 1. The summed E-state index contributed by atoms with van der Waals surface area (Å²) in [4.78, 5) is 2.21. The van der Waals surface area contributed by atoms with Crippen LogP contribution in [0.1, 0.15) is 19.4 Å². The minimum Gasteiger partial charge on any atom is -0.389 e. The van der Waals surface area contributed by atoms with Gasteiger partial charge in [-0.05, 0) is 19.0 Å². The molecule has 0 heterocycles. The van der Waals surface area contributed by atoms with Gasteiger partial charge in [-0.15, -0.1) is 0 Å². The summed E-state index contributed by atoms with van der Waals surface area (Å²) in [6.07, 6.45) is -0.461. The van der Waals surface area contributed by atoms with Gasteiger partial charge in [0.25, 0.3) is 0 Å². The van der Waals surface area contributed by atoms with Gasteiger partial charge in [-0.25, -0.2) is 0 Å². The number of ether oxygens (including phenoxy) is 2. The van der Waals surface area contributed by atoms with Crippen molar-refractivity contribution in [3.05, 3.63) is 35.9 Å². The second kappa shape index (κ2) is 9.88. The number of hydrogen-bond acceptors (Lipinski definition) is 4. The molecule has 1 aromatic rings. The minimum atomic E-state index is -0.474. The largest absolute Gasteiger partial charge is 0.389 e. The lowest BCUT2D eigenvalue weighted by Gasteiger charge is -2.24. The molecule has 0 radical (unpaired) electrons. The first kappa shape index (κ1) is 17.1. The molecular weight excluding hydrogens is 254 g/mol. The minimum absolute atomic E-state index is 0.0128. The van der Waals surface area contributed by atoms with Gasteiger partial charge >= 0.3 is 0 Å². The van der Waals surface area contributed by atoms with E-state index in [1.165, 1.54) is 5.56 Å². The van der Waals surface area contributed by atoms with E-state index in [9.17, 15) is 5.11 Å². The molecule has 1 rings (SSSR count). The fraction of sp³-hybridized carbons (Fsp3) is 0.625. The Bertz CT molecular complexity index is 345. The zero-order valence-electron chi connectivity index (χ0n) is 12.8. The van der Waals surface area contributed by atoms with Gasteiger partial charge in [0.1, 0.15) is 0 Å². The number of methoxy groups -OCH3 is 1. The molecule has 2 unspecified atom stereocenters. The number of likely N-dealkylation sites (N-methyl/N-ethyl adjacent to an activating group) is 1. The van der Waals surface area contributed by atoms with Crippen molar-refractivity contribution in [3.8, 4) is 0 Å². The van der Waals surface area contributed by atoms with Crippen LogP contribution < -0.4 is 0 Å². The zero-order chi connectivity index (χ0) is 14.8. The van der Waals surface area contributed by atoms with Gasteiger partial charge in [0.2, 0.25) is 0 Å². The quantitative estimate of drug-likeness (QED) is 0.711. The van der Waals surface area contributed by atoms with Crippen LogP contribution in [0.15, 0.2) is 30.3 Å². The summed E-state index contributed by atoms with van der Waals surface area (Å²) in [6.45, 7) is 7.30. The summed E-state index contributed by atoms with van der Waals surface area (Å²) >= 11 is 0. The van der Waals surface area contributed by atoms with Crippen LogP contribution in [0, 0.1) is 0 Å². The van der Waals surface area contributed by atoms with E-state index < -0.39 is 6.10 Å². The second-order valence-corrected chi connectivity index (χ2v) is 5.07. The number of aliphatic hydroxyl groups excluding tert-OH is 1. The lowest BCUT2D eigenvalue weighted by Crippen LogP contribution is -2.35. The van der Waals surface area contributed by atoms with Crippen LogP contribution in [-0.4, -0.2) is 55.6 Å². The van der Waals surface area contributed by atoms with E-state index >= 15 is 0 Å². The van der Waals surface area contributed by atoms with Crippen molar-refractivity contribution in [2.45, 2.75) is 32.6 Å². The van der Waals surface area contributed by atoms with Gasteiger partial charge in [-0.2, -0.15) is 0 Å². The summed E-state index contributed by atoms with van der Waals surface area (Å²) in [6, 6.07) is 10.3. The van der Waals surface area contributed by atoms with Crippen molar-refractivity contribution < 1.29 is 14.6 Å². The molecule has 114 valence electrons. The monoisotopic (exact) mass is 281 g/mol. The fourth-order valence-corrected chi connectivity index (χ4v) is 2.06. The number of hydrogen-bond donors (Lipinski definition) is 1. The Balaban J connectivity index is 2.32. The van der Waals surface area contributed by atoms with Gasteiger partial charge < -0.3 is 14.6 Å². The highest BCUT2D eigenvalue weighted by Crippen LogP contribution is 2.05. The average Bonchev–Trinajstić information content (AvgIpc) is 2.46. The third-order valence-corrected chi connectivity index (χ3v) is 3.14. The molecule has 4 heteroatoms. The van der Waals surface area contributed by atoms with Gasteiger partial charge in [-0.1, -0.05) is 37.3 Å². The van der Waals surface area contributed by atoms with E-state index in [0.29, 0.717) is 19.8 Å². The normalized spacial score (nSPS) is 14.4. The Labute approximate surface area is 122 Å². The van der Waals surface area contributed by atoms with E-state index in [-0.39, 0.29) is 6.10 Å². The molecule has 0 fully saturated rings. The predicted molar refractivity (Wildman–Crippen MR) is 80.7 cm³/mol. The average molecular weight is 281 g/mol. The molecule has 0 spiro atoms. The van der Waals surface area contributed by atoms with E-state index in [1.807, 2.05) is 25.1 Å². The predicted octanol–water partition coefficient (Wildman–Crippen LogP) is 1.92. The lowest BCUT2D eigenvalue weighted by molar-refractivity contribution is -0.0399. The smallest absolute Gasteiger partial charge is 0.0900 e. The van der Waals surface area contributed by atoms with Crippen molar-refractivity contribution in [1.82, 2.24) is 4.90 Å². The van der Waals surface area contributed by atoms with E-state index in [0.717, 1.165) is 13.1 Å². The number of benzene rings is 1. The molecular formula is C16H27NO3. The summed E-state index contributed by atoms with van der Waals surface area (Å²) < 4.78 is 10.5. The van der Waals surface area contributed by atoms with Crippen molar-refractivity contribution in [2.24, 2.45) is 0 Å². The first-order chi connectivity index (χ1) is 9.65. The van der Waals surface area contributed by atoms with Crippen molar-refractivity contribution in [2.75, 3.05) is 33.4 Å². The standard InChI is InChI=1S/C16H27NO3/c1-4-17(10-15-8-6-5-7-9-15)11-16(18)13-20-14(2)12-19-3/h5-9,14,16,18H,4,10-13H2,1-3H3. The Kier molecular flexibility index (Phi) is 8.46. The molecule has 0 aliphatic rings. The first-order valence-electron chi connectivity index (χ1n) is 7.20. The molecule has 0 saturated heterocycles. The molecule has 0 bridgehead atoms. The SMILES string of the molecule is CCN(Cc1ccccc1)CC(O)COC(C)COC. The van der Waals surface area contributed by atoms with Crippen LogP contribution in [0.4, 0.5) is 0 Å². The van der Waals surface area contributed by atoms with Crippen LogP contribution in [0.2, 0.25) is 0 Å². The van der Waals surface area contributed by atoms with Crippen molar-refractivity contribution in [3.63, 3.8) is 0 Å². The van der Waals surface area contributed by atoms with Gasteiger partial charge in [-0.3, -0.25) is 4.90 Å². The lowest BCUT2D eigenvalue weighted by atomic mass is 10.2. The van der Waals surface area contributed by atoms with E-state index in [4.69, 9.17) is 9.47 Å². The third kappa shape index (κ3) is 7.01. The summed E-state index contributed by atoms with van der Waals surface area (Å²) in [5, 5.41) is 10.0. The molecule has 1 N–H and O–H groups in total. The van der Waals surface area contributed by atoms with E-state index in [2.05, 4.69) is 24.0 Å². The van der Waals surface area contributed by atoms with Crippen LogP contribution >= 0.6 is 0 Å². The van der Waals surface area contributed by atoms with Crippen molar-refractivity contribution >= 4 is 0 Å². The highest BCUT2D eigenvalue weighted by atomic mass is 16.5. The molecule has 0 aromatic heterocycles. The van der Waals surface area contributed by atoms with Crippen LogP contribution in [0.3, 0.4) is 0 Å². The first-order valence-corrected chi connectivity index (χ1v) is 7.20. The topological polar surface area (TPSA) is 41.9 Å². The Morgan fingerprint density at radius 3 is 2.50 bits per heavy atom. The maximum absolute atomic E-state index is 10.0. The van der Waals surface area contributed by atoms with Gasteiger partial charge in [0.05, 0.1) is 25.4 Å². The Morgan fingerprint density at radius 2 is 1.90 bits per heavy atom. The fourth-order valence-electron chi connectivity index (χ4n) is 2.06. The maximum atomic E-state index is 10.0. The molecule has 0 aliphatic heterocycles. The summed E-state index contributed by atoms with van der Waals surface area (Å²) in [5.74, 6) is 0. The van der Waals surface area contributed by atoms with Crippen LogP contribution in [-0.2, 0) is 16.0 Å². The van der Waals surface area contributed by atoms with Crippen LogP contribution in [0.25, 0.3) is 0 Å². The van der Waals surface area contributed by atoms with Crippen LogP contribution in [0.5, 0.6) is 0 Å². The van der Waals surface area contributed by atoms with Gasteiger partial charge in [0, 0.05) is 20.2 Å². The van der Waals surface area contributed by atoms with E-state index in [1.54, 1.807) is 7.11 Å². The molecule has 0 amide bonds. The van der Waals surface area contributed by atoms with Crippen molar-refractivity contribution in [1.29, 1.82) is 0 Å². The molecule has 0 saturated carbocycles. The molecule has 0 aliphatic carbocycles. The number of rotatable bonds is 10.